The SMILES string of the molecule is CC(C)(C)OC(=O)NCCNCCC1CCOC1. The number of ether oxygens (including phenoxy) is 2. The van der Waals surface area contributed by atoms with Gasteiger partial charge in [0.05, 0.1) is 0 Å². The lowest BCUT2D eigenvalue weighted by Gasteiger charge is -2.19. The molecule has 5 nitrogen and oxygen atoms in total. The largest absolute Gasteiger partial charge is 0.444 e. The van der Waals surface area contributed by atoms with Crippen LogP contribution < -0.4 is 10.6 Å². The van der Waals surface area contributed by atoms with E-state index in [1.165, 1.54) is 6.42 Å². The van der Waals surface area contributed by atoms with Crippen molar-refractivity contribution in [1.82, 2.24) is 10.6 Å². The molecule has 18 heavy (non-hydrogen) atoms. The fourth-order valence-electron chi connectivity index (χ4n) is 1.81. The summed E-state index contributed by atoms with van der Waals surface area (Å²) in [7, 11) is 0. The van der Waals surface area contributed by atoms with Crippen LogP contribution in [0.1, 0.15) is 33.6 Å². The van der Waals surface area contributed by atoms with Gasteiger partial charge in [-0.25, -0.2) is 4.79 Å². The predicted octanol–water partition coefficient (Wildman–Crippen LogP) is 1.53. The maximum atomic E-state index is 11.3. The van der Waals surface area contributed by atoms with E-state index < -0.39 is 5.60 Å². The Kier molecular flexibility index (Phi) is 6.43. The smallest absolute Gasteiger partial charge is 0.407 e. The Bertz CT molecular complexity index is 245. The normalized spacial score (nSPS) is 19.8. The number of hydrogen-bond acceptors (Lipinski definition) is 4. The quantitative estimate of drug-likeness (QED) is 0.709. The van der Waals surface area contributed by atoms with Crippen LogP contribution in [-0.4, -0.2) is 44.5 Å². The highest BCUT2D eigenvalue weighted by Crippen LogP contribution is 2.14. The molecule has 0 aromatic carbocycles. The van der Waals surface area contributed by atoms with E-state index >= 15 is 0 Å². The fourth-order valence-corrected chi connectivity index (χ4v) is 1.81. The van der Waals surface area contributed by atoms with E-state index in [0.717, 1.165) is 32.7 Å². The van der Waals surface area contributed by atoms with Crippen LogP contribution in [0.5, 0.6) is 0 Å². The molecule has 1 amide bonds. The Hall–Kier alpha value is -0.810. The summed E-state index contributed by atoms with van der Waals surface area (Å²) in [5.41, 5.74) is -0.431. The molecular weight excluding hydrogens is 232 g/mol. The maximum absolute atomic E-state index is 11.3. The maximum Gasteiger partial charge on any atom is 0.407 e. The number of nitrogens with one attached hydrogen (secondary N) is 2. The van der Waals surface area contributed by atoms with Crippen LogP contribution >= 0.6 is 0 Å². The lowest BCUT2D eigenvalue weighted by atomic mass is 10.1. The zero-order chi connectivity index (χ0) is 13.4. The van der Waals surface area contributed by atoms with Crippen LogP contribution in [-0.2, 0) is 9.47 Å². The average molecular weight is 258 g/mol. The van der Waals surface area contributed by atoms with E-state index in [-0.39, 0.29) is 6.09 Å². The summed E-state index contributed by atoms with van der Waals surface area (Å²) in [4.78, 5) is 11.3. The molecule has 106 valence electrons. The molecule has 1 heterocycles. The van der Waals surface area contributed by atoms with E-state index in [9.17, 15) is 4.79 Å². The van der Waals surface area contributed by atoms with Crippen LogP contribution in [0.3, 0.4) is 0 Å². The third kappa shape index (κ3) is 7.50. The van der Waals surface area contributed by atoms with Crippen LogP contribution in [0, 0.1) is 5.92 Å². The number of carbonyl (C=O) groups is 1. The Labute approximate surface area is 110 Å². The molecule has 1 atom stereocenters. The Morgan fingerprint density at radius 3 is 2.72 bits per heavy atom. The number of amides is 1. The first-order chi connectivity index (χ1) is 8.47. The molecule has 0 aliphatic carbocycles. The summed E-state index contributed by atoms with van der Waals surface area (Å²) >= 11 is 0. The third-order valence-electron chi connectivity index (χ3n) is 2.72. The standard InChI is InChI=1S/C13H26N2O3/c1-13(2,3)18-12(16)15-8-7-14-6-4-11-5-9-17-10-11/h11,14H,4-10H2,1-3H3,(H,15,16). The minimum Gasteiger partial charge on any atom is -0.444 e. The first-order valence-corrected chi connectivity index (χ1v) is 6.73. The molecule has 1 rings (SSSR count). The molecule has 5 heteroatoms. The summed E-state index contributed by atoms with van der Waals surface area (Å²) in [6.45, 7) is 9.72. The summed E-state index contributed by atoms with van der Waals surface area (Å²) in [5.74, 6) is 0.705. The Morgan fingerprint density at radius 2 is 2.11 bits per heavy atom. The lowest BCUT2D eigenvalue weighted by molar-refractivity contribution is 0.0528. The van der Waals surface area contributed by atoms with Gasteiger partial charge in [-0.15, -0.1) is 0 Å². The topological polar surface area (TPSA) is 59.6 Å². The van der Waals surface area contributed by atoms with E-state index in [2.05, 4.69) is 10.6 Å². The number of rotatable bonds is 6. The second-order valence-electron chi connectivity index (χ2n) is 5.70. The van der Waals surface area contributed by atoms with Crippen LogP contribution in [0.25, 0.3) is 0 Å². The van der Waals surface area contributed by atoms with Gasteiger partial charge in [-0.3, -0.25) is 0 Å². The molecule has 1 unspecified atom stereocenters. The lowest BCUT2D eigenvalue weighted by Crippen LogP contribution is -2.36. The fraction of sp³-hybridized carbons (Fsp3) is 0.923. The van der Waals surface area contributed by atoms with Crippen molar-refractivity contribution in [3.05, 3.63) is 0 Å². The van der Waals surface area contributed by atoms with Gasteiger partial charge in [0.1, 0.15) is 5.60 Å². The van der Waals surface area contributed by atoms with E-state index in [1.54, 1.807) is 0 Å². The molecule has 0 saturated carbocycles. The molecule has 1 aliphatic rings. The van der Waals surface area contributed by atoms with Gasteiger partial charge in [-0.1, -0.05) is 0 Å². The monoisotopic (exact) mass is 258 g/mol. The van der Waals surface area contributed by atoms with Crippen molar-refractivity contribution < 1.29 is 14.3 Å². The molecule has 2 N–H and O–H groups in total. The summed E-state index contributed by atoms with van der Waals surface area (Å²) in [6, 6.07) is 0. The molecule has 0 aromatic rings. The van der Waals surface area contributed by atoms with Gasteiger partial charge >= 0.3 is 6.09 Å². The highest BCUT2D eigenvalue weighted by Gasteiger charge is 2.16. The van der Waals surface area contributed by atoms with Gasteiger partial charge in [-0.05, 0) is 46.1 Å². The molecule has 0 bridgehead atoms. The van der Waals surface area contributed by atoms with Crippen molar-refractivity contribution in [2.24, 2.45) is 5.92 Å². The second-order valence-corrected chi connectivity index (χ2v) is 5.70. The number of hydrogen-bond donors (Lipinski definition) is 2. The van der Waals surface area contributed by atoms with Gasteiger partial charge in [0, 0.05) is 26.3 Å². The van der Waals surface area contributed by atoms with Crippen molar-refractivity contribution in [1.29, 1.82) is 0 Å². The first kappa shape index (κ1) is 15.2. The minimum atomic E-state index is -0.431. The minimum absolute atomic E-state index is 0.353. The zero-order valence-corrected chi connectivity index (χ0v) is 11.8. The van der Waals surface area contributed by atoms with Gasteiger partial charge in [0.25, 0.3) is 0 Å². The van der Waals surface area contributed by atoms with Crippen LogP contribution in [0.15, 0.2) is 0 Å². The molecule has 1 aliphatic heterocycles. The Balaban J connectivity index is 1.90. The first-order valence-electron chi connectivity index (χ1n) is 6.73. The van der Waals surface area contributed by atoms with Crippen molar-refractivity contribution in [3.63, 3.8) is 0 Å². The summed E-state index contributed by atoms with van der Waals surface area (Å²) in [6.07, 6.45) is 1.97. The Morgan fingerprint density at radius 1 is 1.33 bits per heavy atom. The van der Waals surface area contributed by atoms with Gasteiger partial charge in [0.15, 0.2) is 0 Å². The summed E-state index contributed by atoms with van der Waals surface area (Å²) in [5, 5.41) is 6.02. The molecule has 0 aromatic heterocycles. The van der Waals surface area contributed by atoms with Gasteiger partial charge < -0.3 is 20.1 Å². The number of alkyl carbamates (subject to hydrolysis) is 1. The summed E-state index contributed by atoms with van der Waals surface area (Å²) < 4.78 is 10.4. The molecular formula is C13H26N2O3. The second kappa shape index (κ2) is 7.59. The van der Waals surface area contributed by atoms with Crippen molar-refractivity contribution in [3.8, 4) is 0 Å². The highest BCUT2D eigenvalue weighted by molar-refractivity contribution is 5.67. The van der Waals surface area contributed by atoms with Crippen molar-refractivity contribution >= 4 is 6.09 Å². The third-order valence-corrected chi connectivity index (χ3v) is 2.72. The average Bonchev–Trinajstić information content (AvgIpc) is 2.73. The highest BCUT2D eigenvalue weighted by atomic mass is 16.6. The molecule has 1 saturated heterocycles. The zero-order valence-electron chi connectivity index (χ0n) is 11.8. The molecule has 0 spiro atoms. The molecule has 0 radical (unpaired) electrons. The van der Waals surface area contributed by atoms with Crippen molar-refractivity contribution in [2.45, 2.75) is 39.2 Å². The van der Waals surface area contributed by atoms with E-state index in [1.807, 2.05) is 20.8 Å². The van der Waals surface area contributed by atoms with E-state index in [0.29, 0.717) is 12.5 Å². The van der Waals surface area contributed by atoms with Crippen LogP contribution in [0.4, 0.5) is 4.79 Å². The molecule has 1 fully saturated rings. The predicted molar refractivity (Wildman–Crippen MR) is 70.6 cm³/mol. The van der Waals surface area contributed by atoms with E-state index in [4.69, 9.17) is 9.47 Å². The van der Waals surface area contributed by atoms with Gasteiger partial charge in [0.2, 0.25) is 0 Å². The number of carbonyl (C=O) groups excluding carboxylic acids is 1. The van der Waals surface area contributed by atoms with Crippen molar-refractivity contribution in [2.75, 3.05) is 32.8 Å². The van der Waals surface area contributed by atoms with Crippen LogP contribution in [0.2, 0.25) is 0 Å². The van der Waals surface area contributed by atoms with Gasteiger partial charge in [-0.2, -0.15) is 0 Å².